The van der Waals surface area contributed by atoms with Crippen molar-refractivity contribution in [3.05, 3.63) is 47.9 Å². The molecule has 0 atom stereocenters. The first-order chi connectivity index (χ1) is 15.5. The first-order valence-corrected chi connectivity index (χ1v) is 10.0. The second-order valence-electron chi connectivity index (χ2n) is 6.84. The van der Waals surface area contributed by atoms with Gasteiger partial charge >= 0.3 is 5.97 Å². The van der Waals surface area contributed by atoms with E-state index < -0.39 is 0 Å². The van der Waals surface area contributed by atoms with E-state index in [1.165, 1.54) is 21.3 Å². The highest BCUT2D eigenvalue weighted by Gasteiger charge is 2.18. The van der Waals surface area contributed by atoms with Crippen LogP contribution in [0.2, 0.25) is 0 Å². The Labute approximate surface area is 186 Å². The number of carbonyl (C=O) groups is 1. The summed E-state index contributed by atoms with van der Waals surface area (Å²) in [7, 11) is 4.56. The van der Waals surface area contributed by atoms with E-state index in [0.29, 0.717) is 35.8 Å². The molecule has 0 aliphatic carbocycles. The van der Waals surface area contributed by atoms with Gasteiger partial charge in [0, 0.05) is 12.0 Å². The number of ether oxygens (including phenoxy) is 5. The first-order valence-electron chi connectivity index (χ1n) is 10.0. The van der Waals surface area contributed by atoms with Crippen molar-refractivity contribution in [2.75, 3.05) is 27.9 Å². The molecule has 0 N–H and O–H groups in total. The molecule has 2 aromatic carbocycles. The van der Waals surface area contributed by atoms with Crippen molar-refractivity contribution in [1.29, 1.82) is 0 Å². The molecule has 0 radical (unpaired) electrons. The Morgan fingerprint density at radius 1 is 1.00 bits per heavy atom. The Bertz CT molecular complexity index is 1020. The van der Waals surface area contributed by atoms with Crippen molar-refractivity contribution in [2.45, 2.75) is 26.4 Å². The number of aromatic nitrogens is 2. The molecule has 3 aromatic rings. The number of hydrogen-bond acceptors (Lipinski definition) is 9. The third-order valence-corrected chi connectivity index (χ3v) is 4.52. The molecule has 0 unspecified atom stereocenters. The Morgan fingerprint density at radius 2 is 1.75 bits per heavy atom. The number of benzene rings is 2. The predicted molar refractivity (Wildman–Crippen MR) is 115 cm³/mol. The fraction of sp³-hybridized carbons (Fsp3) is 0.348. The highest BCUT2D eigenvalue weighted by atomic mass is 16.5. The summed E-state index contributed by atoms with van der Waals surface area (Å²) in [5.74, 6) is 2.20. The number of rotatable bonds is 11. The molecule has 3 rings (SSSR count). The fourth-order valence-electron chi connectivity index (χ4n) is 2.96. The summed E-state index contributed by atoms with van der Waals surface area (Å²) in [6.45, 7) is 2.30. The lowest BCUT2D eigenvalue weighted by molar-refractivity contribution is -0.145. The SMILES string of the molecule is COc1cc(-c2nnc(COC(=O)CCCOc3cccc(C)c3)o2)cc(OC)c1OC. The second-order valence-corrected chi connectivity index (χ2v) is 6.84. The molecule has 32 heavy (non-hydrogen) atoms. The van der Waals surface area contributed by atoms with Crippen LogP contribution in [0.1, 0.15) is 24.3 Å². The molecule has 0 amide bonds. The molecule has 0 spiro atoms. The molecular formula is C23H26N2O7. The minimum Gasteiger partial charge on any atom is -0.494 e. The van der Waals surface area contributed by atoms with E-state index in [9.17, 15) is 4.79 Å². The normalized spacial score (nSPS) is 10.5. The maximum atomic E-state index is 12.0. The van der Waals surface area contributed by atoms with Gasteiger partial charge in [0.15, 0.2) is 18.1 Å². The average Bonchev–Trinajstić information content (AvgIpc) is 3.28. The van der Waals surface area contributed by atoms with E-state index >= 15 is 0 Å². The molecule has 0 bridgehead atoms. The summed E-state index contributed by atoms with van der Waals surface area (Å²) in [6.07, 6.45) is 0.757. The largest absolute Gasteiger partial charge is 0.494 e. The molecule has 0 aliphatic rings. The van der Waals surface area contributed by atoms with Gasteiger partial charge in [-0.25, -0.2) is 0 Å². The molecule has 0 saturated heterocycles. The van der Waals surface area contributed by atoms with E-state index in [4.69, 9.17) is 28.1 Å². The molecule has 9 heteroatoms. The summed E-state index contributed by atoms with van der Waals surface area (Å²) in [6, 6.07) is 11.1. The fourth-order valence-corrected chi connectivity index (χ4v) is 2.96. The summed E-state index contributed by atoms with van der Waals surface area (Å²) < 4.78 is 32.4. The third kappa shape index (κ3) is 5.90. The second kappa shape index (κ2) is 11.0. The molecule has 0 saturated carbocycles. The minimum atomic E-state index is -0.370. The van der Waals surface area contributed by atoms with Gasteiger partial charge in [0.05, 0.1) is 27.9 Å². The lowest BCUT2D eigenvalue weighted by Crippen LogP contribution is -2.07. The van der Waals surface area contributed by atoms with Crippen molar-refractivity contribution in [2.24, 2.45) is 0 Å². The summed E-state index contributed by atoms with van der Waals surface area (Å²) >= 11 is 0. The van der Waals surface area contributed by atoms with Gasteiger partial charge in [-0.1, -0.05) is 12.1 Å². The Morgan fingerprint density at radius 3 is 2.41 bits per heavy atom. The van der Waals surface area contributed by atoms with Crippen molar-refractivity contribution in [1.82, 2.24) is 10.2 Å². The van der Waals surface area contributed by atoms with Crippen molar-refractivity contribution >= 4 is 5.97 Å². The first kappa shape index (κ1) is 22.9. The monoisotopic (exact) mass is 442 g/mol. The average molecular weight is 442 g/mol. The van der Waals surface area contributed by atoms with E-state index in [0.717, 1.165) is 11.3 Å². The minimum absolute atomic E-state index is 0.116. The number of aryl methyl sites for hydroxylation is 1. The van der Waals surface area contributed by atoms with Crippen LogP contribution in [-0.4, -0.2) is 44.1 Å². The van der Waals surface area contributed by atoms with E-state index in [1.54, 1.807) is 12.1 Å². The highest BCUT2D eigenvalue weighted by Crippen LogP contribution is 2.40. The number of esters is 1. The molecule has 1 aromatic heterocycles. The van der Waals surface area contributed by atoms with Gasteiger partial charge in [-0.05, 0) is 43.2 Å². The van der Waals surface area contributed by atoms with Crippen LogP contribution in [0, 0.1) is 6.92 Å². The number of nitrogens with zero attached hydrogens (tertiary/aromatic N) is 2. The van der Waals surface area contributed by atoms with Gasteiger partial charge in [0.25, 0.3) is 5.89 Å². The van der Waals surface area contributed by atoms with Crippen LogP contribution in [0.5, 0.6) is 23.0 Å². The number of carbonyl (C=O) groups excluding carboxylic acids is 1. The third-order valence-electron chi connectivity index (χ3n) is 4.52. The maximum Gasteiger partial charge on any atom is 0.306 e. The van der Waals surface area contributed by atoms with Crippen LogP contribution in [0.4, 0.5) is 0 Å². The van der Waals surface area contributed by atoms with Gasteiger partial charge in [-0.15, -0.1) is 10.2 Å². The van der Waals surface area contributed by atoms with Crippen LogP contribution in [-0.2, 0) is 16.1 Å². The standard InChI is InChI=1S/C23H26N2O7/c1-15-7-5-8-17(11-15)30-10-6-9-21(26)31-14-20-24-25-23(32-20)16-12-18(27-2)22(29-4)19(13-16)28-3/h5,7-8,11-13H,6,9-10,14H2,1-4H3. The number of methoxy groups -OCH3 is 3. The van der Waals surface area contributed by atoms with Crippen molar-refractivity contribution < 1.29 is 32.9 Å². The van der Waals surface area contributed by atoms with Crippen LogP contribution in [0.3, 0.4) is 0 Å². The van der Waals surface area contributed by atoms with E-state index in [2.05, 4.69) is 10.2 Å². The topological polar surface area (TPSA) is 102 Å². The predicted octanol–water partition coefficient (Wildman–Crippen LogP) is 3.97. The molecule has 0 fully saturated rings. The van der Waals surface area contributed by atoms with Crippen LogP contribution in [0.15, 0.2) is 40.8 Å². The quantitative estimate of drug-likeness (QED) is 0.322. The zero-order valence-corrected chi connectivity index (χ0v) is 18.5. The molecule has 1 heterocycles. The molecular weight excluding hydrogens is 416 g/mol. The Kier molecular flexibility index (Phi) is 7.91. The van der Waals surface area contributed by atoms with Crippen LogP contribution < -0.4 is 18.9 Å². The molecule has 170 valence electrons. The zero-order chi connectivity index (χ0) is 22.9. The molecule has 0 aliphatic heterocycles. The highest BCUT2D eigenvalue weighted by molar-refractivity contribution is 5.69. The van der Waals surface area contributed by atoms with Gasteiger partial charge in [0.1, 0.15) is 5.75 Å². The zero-order valence-electron chi connectivity index (χ0n) is 18.5. The van der Waals surface area contributed by atoms with Gasteiger partial charge in [-0.3, -0.25) is 4.79 Å². The van der Waals surface area contributed by atoms with Gasteiger partial charge in [0.2, 0.25) is 11.6 Å². The van der Waals surface area contributed by atoms with Gasteiger partial charge in [-0.2, -0.15) is 0 Å². The summed E-state index contributed by atoms with van der Waals surface area (Å²) in [5.41, 5.74) is 1.70. The Balaban J connectivity index is 1.50. The van der Waals surface area contributed by atoms with Crippen molar-refractivity contribution in [3.63, 3.8) is 0 Å². The van der Waals surface area contributed by atoms with E-state index in [-0.39, 0.29) is 30.8 Å². The molecule has 9 nitrogen and oxygen atoms in total. The van der Waals surface area contributed by atoms with Gasteiger partial charge < -0.3 is 28.1 Å². The smallest absolute Gasteiger partial charge is 0.306 e. The lowest BCUT2D eigenvalue weighted by atomic mass is 10.2. The summed E-state index contributed by atoms with van der Waals surface area (Å²) in [4.78, 5) is 12.0. The van der Waals surface area contributed by atoms with E-state index in [1.807, 2.05) is 31.2 Å². The Hall–Kier alpha value is -3.75. The van der Waals surface area contributed by atoms with Crippen molar-refractivity contribution in [3.8, 4) is 34.5 Å². The lowest BCUT2D eigenvalue weighted by Gasteiger charge is -2.12. The van der Waals surface area contributed by atoms with Crippen LogP contribution in [0.25, 0.3) is 11.5 Å². The number of hydrogen-bond donors (Lipinski definition) is 0. The summed E-state index contributed by atoms with van der Waals surface area (Å²) in [5, 5.41) is 7.94. The maximum absolute atomic E-state index is 12.0. The van der Waals surface area contributed by atoms with Crippen LogP contribution >= 0.6 is 0 Å².